The number of anilines is 1. The zero-order valence-corrected chi connectivity index (χ0v) is 9.08. The molecule has 1 unspecified atom stereocenters. The highest BCUT2D eigenvalue weighted by Crippen LogP contribution is 2.34. The minimum atomic E-state index is -0.240. The molecule has 3 heteroatoms. The van der Waals surface area contributed by atoms with Crippen molar-refractivity contribution in [3.05, 3.63) is 65.2 Å². The van der Waals surface area contributed by atoms with Crippen molar-refractivity contribution in [3.8, 4) is 0 Å². The third-order valence-corrected chi connectivity index (χ3v) is 3.09. The van der Waals surface area contributed by atoms with E-state index in [1.165, 1.54) is 18.2 Å². The molecule has 17 heavy (non-hydrogen) atoms. The van der Waals surface area contributed by atoms with Gasteiger partial charge in [0.2, 0.25) is 0 Å². The van der Waals surface area contributed by atoms with E-state index in [-0.39, 0.29) is 17.7 Å². The lowest BCUT2D eigenvalue weighted by Gasteiger charge is -2.11. The molecule has 0 saturated heterocycles. The van der Waals surface area contributed by atoms with Crippen molar-refractivity contribution < 1.29 is 8.78 Å². The molecule has 1 heterocycles. The van der Waals surface area contributed by atoms with E-state index < -0.39 is 0 Å². The third-order valence-electron chi connectivity index (χ3n) is 3.09. The lowest BCUT2D eigenvalue weighted by molar-refractivity contribution is 0.625. The van der Waals surface area contributed by atoms with Gasteiger partial charge in [-0.15, -0.1) is 0 Å². The molecule has 2 aromatic carbocycles. The first-order valence-corrected chi connectivity index (χ1v) is 5.53. The summed E-state index contributed by atoms with van der Waals surface area (Å²) in [6.07, 6.45) is 0.735. The van der Waals surface area contributed by atoms with Crippen LogP contribution in [0.2, 0.25) is 0 Å². The van der Waals surface area contributed by atoms with Gasteiger partial charge in [-0.2, -0.15) is 0 Å². The Kier molecular flexibility index (Phi) is 2.32. The van der Waals surface area contributed by atoms with Gasteiger partial charge in [-0.1, -0.05) is 12.1 Å². The van der Waals surface area contributed by atoms with Crippen molar-refractivity contribution in [3.63, 3.8) is 0 Å². The Morgan fingerprint density at radius 3 is 2.41 bits per heavy atom. The van der Waals surface area contributed by atoms with Crippen molar-refractivity contribution in [1.82, 2.24) is 0 Å². The van der Waals surface area contributed by atoms with E-state index in [0.717, 1.165) is 23.2 Å². The maximum absolute atomic E-state index is 13.1. The van der Waals surface area contributed by atoms with Crippen LogP contribution in [0.1, 0.15) is 17.2 Å². The molecular formula is C14H11F2N. The first kappa shape index (κ1) is 10.3. The second-order valence-electron chi connectivity index (χ2n) is 4.25. The fourth-order valence-electron chi connectivity index (χ4n) is 2.23. The molecular weight excluding hydrogens is 220 g/mol. The first-order chi connectivity index (χ1) is 8.22. The van der Waals surface area contributed by atoms with Gasteiger partial charge in [0.05, 0.1) is 6.04 Å². The van der Waals surface area contributed by atoms with Crippen LogP contribution in [0.25, 0.3) is 0 Å². The standard InChI is InChI=1S/C14H11F2N/c15-11-3-1-9(2-4-11)14-8-10-7-12(16)5-6-13(10)17-14/h1-7,14,17H,8H2. The molecule has 0 bridgehead atoms. The minimum Gasteiger partial charge on any atom is -0.378 e. The Morgan fingerprint density at radius 1 is 0.941 bits per heavy atom. The van der Waals surface area contributed by atoms with Gasteiger partial charge in [-0.3, -0.25) is 0 Å². The zero-order chi connectivity index (χ0) is 11.8. The van der Waals surface area contributed by atoms with Crippen LogP contribution in [0, 0.1) is 11.6 Å². The summed E-state index contributed by atoms with van der Waals surface area (Å²) in [5.41, 5.74) is 2.95. The number of benzene rings is 2. The Hall–Kier alpha value is -1.90. The summed E-state index contributed by atoms with van der Waals surface area (Å²) in [6, 6.07) is 11.2. The molecule has 86 valence electrons. The largest absolute Gasteiger partial charge is 0.378 e. The van der Waals surface area contributed by atoms with E-state index in [2.05, 4.69) is 5.32 Å². The highest BCUT2D eigenvalue weighted by Gasteiger charge is 2.22. The van der Waals surface area contributed by atoms with Crippen LogP contribution >= 0.6 is 0 Å². The lowest BCUT2D eigenvalue weighted by Crippen LogP contribution is -2.05. The van der Waals surface area contributed by atoms with E-state index in [1.807, 2.05) is 0 Å². The van der Waals surface area contributed by atoms with Crippen molar-refractivity contribution in [1.29, 1.82) is 0 Å². The predicted octanol–water partition coefficient (Wildman–Crippen LogP) is 3.67. The van der Waals surface area contributed by atoms with Crippen molar-refractivity contribution in [2.45, 2.75) is 12.5 Å². The van der Waals surface area contributed by atoms with E-state index in [1.54, 1.807) is 24.3 Å². The van der Waals surface area contributed by atoms with Gasteiger partial charge < -0.3 is 5.32 Å². The summed E-state index contributed by atoms with van der Waals surface area (Å²) in [7, 11) is 0. The van der Waals surface area contributed by atoms with Gasteiger partial charge in [-0.05, 0) is 47.9 Å². The first-order valence-electron chi connectivity index (χ1n) is 5.53. The summed E-state index contributed by atoms with van der Waals surface area (Å²) in [4.78, 5) is 0. The maximum Gasteiger partial charge on any atom is 0.123 e. The Labute approximate surface area is 98.1 Å². The van der Waals surface area contributed by atoms with Gasteiger partial charge in [0, 0.05) is 5.69 Å². The van der Waals surface area contributed by atoms with Crippen LogP contribution in [-0.2, 0) is 6.42 Å². The monoisotopic (exact) mass is 231 g/mol. The SMILES string of the molecule is Fc1ccc(C2Cc3cc(F)ccc3N2)cc1. The second kappa shape index (κ2) is 3.84. The number of rotatable bonds is 1. The molecule has 0 amide bonds. The van der Waals surface area contributed by atoms with E-state index >= 15 is 0 Å². The van der Waals surface area contributed by atoms with Crippen LogP contribution in [0.3, 0.4) is 0 Å². The lowest BCUT2D eigenvalue weighted by atomic mass is 10.0. The second-order valence-corrected chi connectivity index (χ2v) is 4.25. The predicted molar refractivity (Wildman–Crippen MR) is 62.9 cm³/mol. The average Bonchev–Trinajstić information content (AvgIpc) is 2.72. The van der Waals surface area contributed by atoms with Gasteiger partial charge in [0.15, 0.2) is 0 Å². The molecule has 0 aliphatic carbocycles. The number of hydrogen-bond donors (Lipinski definition) is 1. The summed E-state index contributed by atoms with van der Waals surface area (Å²) in [5.74, 6) is -0.458. The number of hydrogen-bond acceptors (Lipinski definition) is 1. The van der Waals surface area contributed by atoms with Crippen LogP contribution in [0.4, 0.5) is 14.5 Å². The number of halogens is 2. The van der Waals surface area contributed by atoms with Gasteiger partial charge >= 0.3 is 0 Å². The van der Waals surface area contributed by atoms with Gasteiger partial charge in [-0.25, -0.2) is 8.78 Å². The summed E-state index contributed by atoms with van der Waals surface area (Å²) in [6.45, 7) is 0. The molecule has 1 nitrogen and oxygen atoms in total. The molecule has 3 rings (SSSR count). The smallest absolute Gasteiger partial charge is 0.123 e. The molecule has 1 atom stereocenters. The van der Waals surface area contributed by atoms with Crippen molar-refractivity contribution in [2.75, 3.05) is 5.32 Å². The normalized spacial score (nSPS) is 17.6. The molecule has 2 aromatic rings. The van der Waals surface area contributed by atoms with Crippen LogP contribution in [0.5, 0.6) is 0 Å². The molecule has 0 spiro atoms. The molecule has 0 aromatic heterocycles. The van der Waals surface area contributed by atoms with Crippen molar-refractivity contribution >= 4 is 5.69 Å². The van der Waals surface area contributed by atoms with Crippen LogP contribution in [-0.4, -0.2) is 0 Å². The third kappa shape index (κ3) is 1.88. The summed E-state index contributed by atoms with van der Waals surface area (Å²) < 4.78 is 25.9. The fraction of sp³-hybridized carbons (Fsp3) is 0.143. The van der Waals surface area contributed by atoms with Crippen LogP contribution < -0.4 is 5.32 Å². The van der Waals surface area contributed by atoms with E-state index in [4.69, 9.17) is 0 Å². The quantitative estimate of drug-likeness (QED) is 0.789. The molecule has 0 radical (unpaired) electrons. The highest BCUT2D eigenvalue weighted by atomic mass is 19.1. The van der Waals surface area contributed by atoms with E-state index in [0.29, 0.717) is 0 Å². The molecule has 1 aliphatic heterocycles. The maximum atomic E-state index is 13.1. The highest BCUT2D eigenvalue weighted by molar-refractivity contribution is 5.58. The topological polar surface area (TPSA) is 12.0 Å². The molecule has 0 fully saturated rings. The van der Waals surface area contributed by atoms with Crippen molar-refractivity contribution in [2.24, 2.45) is 0 Å². The fourth-order valence-corrected chi connectivity index (χ4v) is 2.23. The Balaban J connectivity index is 1.88. The zero-order valence-electron chi connectivity index (χ0n) is 9.08. The minimum absolute atomic E-state index is 0.104. The summed E-state index contributed by atoms with van der Waals surface area (Å²) >= 11 is 0. The Morgan fingerprint density at radius 2 is 1.65 bits per heavy atom. The molecule has 1 N–H and O–H groups in total. The van der Waals surface area contributed by atoms with E-state index in [9.17, 15) is 8.78 Å². The number of nitrogens with one attached hydrogen (secondary N) is 1. The average molecular weight is 231 g/mol. The van der Waals surface area contributed by atoms with Crippen LogP contribution in [0.15, 0.2) is 42.5 Å². The summed E-state index contributed by atoms with van der Waals surface area (Å²) in [5, 5.41) is 3.31. The number of fused-ring (bicyclic) bond motifs is 1. The molecule has 1 aliphatic rings. The van der Waals surface area contributed by atoms with Gasteiger partial charge in [0.1, 0.15) is 11.6 Å². The Bertz CT molecular complexity index is 549. The van der Waals surface area contributed by atoms with Gasteiger partial charge in [0.25, 0.3) is 0 Å². The molecule has 0 saturated carbocycles.